The lowest BCUT2D eigenvalue weighted by molar-refractivity contribution is -0.114. The Morgan fingerprint density at radius 1 is 1.32 bits per heavy atom. The highest BCUT2D eigenvalue weighted by molar-refractivity contribution is 6.32. The molecule has 7 heteroatoms. The van der Waals surface area contributed by atoms with Crippen molar-refractivity contribution in [3.8, 4) is 0 Å². The highest BCUT2D eigenvalue weighted by Crippen LogP contribution is 2.15. The first-order valence-electron chi connectivity index (χ1n) is 6.79. The molecule has 0 aliphatic heterocycles. The van der Waals surface area contributed by atoms with Gasteiger partial charge in [-0.1, -0.05) is 23.7 Å². The molecule has 0 saturated heterocycles. The van der Waals surface area contributed by atoms with E-state index in [1.165, 1.54) is 17.8 Å². The number of hydrogen-bond donors (Lipinski definition) is 2. The highest BCUT2D eigenvalue weighted by Gasteiger charge is 2.06. The van der Waals surface area contributed by atoms with Crippen LogP contribution in [0.25, 0.3) is 0 Å². The van der Waals surface area contributed by atoms with Crippen molar-refractivity contribution < 1.29 is 4.79 Å². The van der Waals surface area contributed by atoms with Gasteiger partial charge in [-0.25, -0.2) is 4.68 Å². The summed E-state index contributed by atoms with van der Waals surface area (Å²) in [5, 5.41) is 9.87. The Balaban J connectivity index is 1.93. The Hall–Kier alpha value is -2.34. The minimum absolute atomic E-state index is 0.0952. The van der Waals surface area contributed by atoms with E-state index in [0.29, 0.717) is 12.2 Å². The molecule has 0 unspecified atom stereocenters. The number of hydrogen-bond acceptors (Lipinski definition) is 4. The lowest BCUT2D eigenvalue weighted by Crippen LogP contribution is -2.21. The van der Waals surface area contributed by atoms with E-state index in [9.17, 15) is 9.59 Å². The Labute approximate surface area is 133 Å². The summed E-state index contributed by atoms with van der Waals surface area (Å²) in [6, 6.07) is 7.58. The molecule has 0 atom stereocenters. The van der Waals surface area contributed by atoms with Gasteiger partial charge in [0.2, 0.25) is 5.91 Å². The smallest absolute Gasteiger partial charge is 0.287 e. The Morgan fingerprint density at radius 3 is 2.64 bits per heavy atom. The number of carbonyl (C=O) groups is 1. The van der Waals surface area contributed by atoms with Gasteiger partial charge in [-0.15, -0.1) is 0 Å². The summed E-state index contributed by atoms with van der Waals surface area (Å²) in [5.74, 6) is -0.0952. The SMILES string of the molecule is CC(=O)Nc1ccc(CCNc2cnn(C)c(=O)c2Cl)cc1. The molecule has 1 aromatic carbocycles. The largest absolute Gasteiger partial charge is 0.382 e. The number of benzene rings is 1. The van der Waals surface area contributed by atoms with E-state index in [1.54, 1.807) is 7.05 Å². The first kappa shape index (κ1) is 16.0. The summed E-state index contributed by atoms with van der Waals surface area (Å²) >= 11 is 5.97. The van der Waals surface area contributed by atoms with Crippen molar-refractivity contribution >= 4 is 28.9 Å². The lowest BCUT2D eigenvalue weighted by atomic mass is 10.1. The molecule has 0 aliphatic rings. The Bertz CT molecular complexity index is 725. The van der Waals surface area contributed by atoms with E-state index in [4.69, 9.17) is 11.6 Å². The molecule has 22 heavy (non-hydrogen) atoms. The molecule has 0 saturated carbocycles. The van der Waals surface area contributed by atoms with Crippen LogP contribution in [0.5, 0.6) is 0 Å². The van der Waals surface area contributed by atoms with E-state index in [0.717, 1.165) is 17.7 Å². The number of carbonyl (C=O) groups excluding carboxylic acids is 1. The molecule has 6 nitrogen and oxygen atoms in total. The molecule has 2 rings (SSSR count). The predicted molar refractivity (Wildman–Crippen MR) is 87.4 cm³/mol. The summed E-state index contributed by atoms with van der Waals surface area (Å²) in [5.41, 5.74) is 2.07. The summed E-state index contributed by atoms with van der Waals surface area (Å²) in [4.78, 5) is 22.6. The molecular weight excluding hydrogens is 304 g/mol. The summed E-state index contributed by atoms with van der Waals surface area (Å²) < 4.78 is 1.19. The quantitative estimate of drug-likeness (QED) is 0.884. The second-order valence-corrected chi connectivity index (χ2v) is 5.23. The zero-order valence-electron chi connectivity index (χ0n) is 12.4. The van der Waals surface area contributed by atoms with Gasteiger partial charge in [0.05, 0.1) is 11.9 Å². The number of aromatic nitrogens is 2. The number of halogens is 1. The van der Waals surface area contributed by atoms with E-state index >= 15 is 0 Å². The summed E-state index contributed by atoms with van der Waals surface area (Å²) in [7, 11) is 1.55. The van der Waals surface area contributed by atoms with Gasteiger partial charge in [-0.05, 0) is 24.1 Å². The maximum absolute atomic E-state index is 11.6. The van der Waals surface area contributed by atoms with Gasteiger partial charge in [0.25, 0.3) is 5.56 Å². The number of amides is 1. The zero-order chi connectivity index (χ0) is 16.1. The van der Waals surface area contributed by atoms with Crippen LogP contribution < -0.4 is 16.2 Å². The van der Waals surface area contributed by atoms with Crippen LogP contribution in [0.3, 0.4) is 0 Å². The molecule has 116 valence electrons. The molecule has 2 aromatic rings. The van der Waals surface area contributed by atoms with Crippen LogP contribution >= 0.6 is 11.6 Å². The first-order valence-corrected chi connectivity index (χ1v) is 7.17. The van der Waals surface area contributed by atoms with E-state index < -0.39 is 0 Å². The third kappa shape index (κ3) is 4.08. The number of nitrogens with zero attached hydrogens (tertiary/aromatic N) is 2. The average Bonchev–Trinajstić information content (AvgIpc) is 2.48. The van der Waals surface area contributed by atoms with Crippen LogP contribution in [-0.2, 0) is 18.3 Å². The van der Waals surface area contributed by atoms with Crippen molar-refractivity contribution in [2.45, 2.75) is 13.3 Å². The van der Waals surface area contributed by atoms with Crippen molar-refractivity contribution in [2.24, 2.45) is 7.05 Å². The predicted octanol–water partition coefficient (Wildman–Crippen LogP) is 2.05. The topological polar surface area (TPSA) is 76.0 Å². The second kappa shape index (κ2) is 7.09. The van der Waals surface area contributed by atoms with Gasteiger partial charge in [-0.3, -0.25) is 9.59 Å². The van der Waals surface area contributed by atoms with Crippen LogP contribution in [-0.4, -0.2) is 22.2 Å². The molecule has 2 N–H and O–H groups in total. The number of anilines is 2. The van der Waals surface area contributed by atoms with Crippen molar-refractivity contribution in [3.05, 3.63) is 51.4 Å². The molecule has 0 spiro atoms. The minimum Gasteiger partial charge on any atom is -0.382 e. The van der Waals surface area contributed by atoms with Crippen LogP contribution in [0, 0.1) is 0 Å². The third-order valence-corrected chi connectivity index (χ3v) is 3.45. The number of nitrogens with one attached hydrogen (secondary N) is 2. The van der Waals surface area contributed by atoms with Crippen molar-refractivity contribution in [1.82, 2.24) is 9.78 Å². The second-order valence-electron chi connectivity index (χ2n) is 4.86. The molecule has 1 amide bonds. The monoisotopic (exact) mass is 320 g/mol. The molecule has 0 radical (unpaired) electrons. The summed E-state index contributed by atoms with van der Waals surface area (Å²) in [6.45, 7) is 2.09. The van der Waals surface area contributed by atoms with Crippen LogP contribution in [0.2, 0.25) is 5.02 Å². The molecule has 0 fully saturated rings. The minimum atomic E-state index is -0.327. The Morgan fingerprint density at radius 2 is 2.00 bits per heavy atom. The van der Waals surface area contributed by atoms with Crippen molar-refractivity contribution in [2.75, 3.05) is 17.2 Å². The summed E-state index contributed by atoms with van der Waals surface area (Å²) in [6.07, 6.45) is 2.29. The van der Waals surface area contributed by atoms with Gasteiger partial charge in [0.1, 0.15) is 5.02 Å². The fourth-order valence-corrected chi connectivity index (χ4v) is 2.17. The Kier molecular flexibility index (Phi) is 5.16. The van der Waals surface area contributed by atoms with Crippen LogP contribution in [0.15, 0.2) is 35.3 Å². The maximum Gasteiger partial charge on any atom is 0.287 e. The molecule has 0 bridgehead atoms. The molecule has 0 aliphatic carbocycles. The number of aryl methyl sites for hydroxylation is 1. The van der Waals surface area contributed by atoms with E-state index in [2.05, 4.69) is 15.7 Å². The average molecular weight is 321 g/mol. The highest BCUT2D eigenvalue weighted by atomic mass is 35.5. The fraction of sp³-hybridized carbons (Fsp3) is 0.267. The standard InChI is InChI=1S/C15H17ClN4O2/c1-10(21)19-12-5-3-11(4-6-12)7-8-17-13-9-18-20(2)15(22)14(13)16/h3-6,9,17H,7-8H2,1-2H3,(H,19,21). The normalized spacial score (nSPS) is 10.3. The fourth-order valence-electron chi connectivity index (χ4n) is 1.93. The molecule has 1 heterocycles. The van der Waals surface area contributed by atoms with Gasteiger partial charge in [0.15, 0.2) is 0 Å². The van der Waals surface area contributed by atoms with Gasteiger partial charge in [0, 0.05) is 26.2 Å². The van der Waals surface area contributed by atoms with Crippen LogP contribution in [0.1, 0.15) is 12.5 Å². The third-order valence-electron chi connectivity index (χ3n) is 3.08. The van der Waals surface area contributed by atoms with Crippen molar-refractivity contribution in [3.63, 3.8) is 0 Å². The first-order chi connectivity index (χ1) is 10.5. The number of rotatable bonds is 5. The molecular formula is C15H17ClN4O2. The van der Waals surface area contributed by atoms with Gasteiger partial charge >= 0.3 is 0 Å². The lowest BCUT2D eigenvalue weighted by Gasteiger charge is -2.09. The van der Waals surface area contributed by atoms with Crippen molar-refractivity contribution in [1.29, 1.82) is 0 Å². The van der Waals surface area contributed by atoms with Gasteiger partial charge in [-0.2, -0.15) is 5.10 Å². The van der Waals surface area contributed by atoms with Crippen LogP contribution in [0.4, 0.5) is 11.4 Å². The maximum atomic E-state index is 11.6. The molecule has 1 aromatic heterocycles. The van der Waals surface area contributed by atoms with E-state index in [-0.39, 0.29) is 16.5 Å². The van der Waals surface area contributed by atoms with E-state index in [1.807, 2.05) is 24.3 Å². The van der Waals surface area contributed by atoms with Gasteiger partial charge < -0.3 is 10.6 Å². The zero-order valence-corrected chi connectivity index (χ0v) is 13.1.